The van der Waals surface area contributed by atoms with Crippen molar-refractivity contribution in [2.75, 3.05) is 25.0 Å². The Kier molecular flexibility index (Phi) is 7.15. The molecule has 2 amide bonds. The van der Waals surface area contributed by atoms with E-state index in [9.17, 15) is 9.59 Å². The minimum atomic E-state index is -0.475. The van der Waals surface area contributed by atoms with Crippen LogP contribution in [-0.4, -0.2) is 58.4 Å². The van der Waals surface area contributed by atoms with Crippen molar-refractivity contribution >= 4 is 17.7 Å². The number of hydrogen-bond donors (Lipinski definition) is 2. The van der Waals surface area contributed by atoms with Gasteiger partial charge in [0.2, 0.25) is 0 Å². The number of ether oxygens (including phenoxy) is 1. The van der Waals surface area contributed by atoms with Crippen molar-refractivity contribution in [2.24, 2.45) is 5.92 Å². The van der Waals surface area contributed by atoms with E-state index in [1.807, 2.05) is 33.8 Å². The molecular formula is C22H35N5O3. The summed E-state index contributed by atoms with van der Waals surface area (Å²) in [6.45, 7) is 9.62. The lowest BCUT2D eigenvalue weighted by Crippen LogP contribution is -2.42. The molecule has 0 bridgehead atoms. The van der Waals surface area contributed by atoms with Gasteiger partial charge in [-0.15, -0.1) is 5.10 Å². The number of aryl methyl sites for hydroxylation is 1. The normalized spacial score (nSPS) is 18.3. The molecule has 0 aromatic carbocycles. The molecule has 3 rings (SSSR count). The SMILES string of the molecule is Cc1cc(NCC2CCN(C(=O)OC(C)(C)C)CC2)c(C(=O)NC2CCCC2)nn1. The molecular weight excluding hydrogens is 382 g/mol. The highest BCUT2D eigenvalue weighted by Crippen LogP contribution is 2.23. The minimum absolute atomic E-state index is 0.156. The van der Waals surface area contributed by atoms with E-state index >= 15 is 0 Å². The van der Waals surface area contributed by atoms with Gasteiger partial charge in [0, 0.05) is 25.7 Å². The summed E-state index contributed by atoms with van der Waals surface area (Å²) in [4.78, 5) is 26.7. The standard InChI is InChI=1S/C22H35N5O3/c1-15-13-18(19(26-25-15)20(28)24-17-7-5-6-8-17)23-14-16-9-11-27(12-10-16)21(29)30-22(2,3)4/h13,16-17H,5-12,14H2,1-4H3,(H,23,25)(H,24,28). The van der Waals surface area contributed by atoms with Crippen molar-refractivity contribution < 1.29 is 14.3 Å². The van der Waals surface area contributed by atoms with Crippen molar-refractivity contribution in [3.05, 3.63) is 17.5 Å². The van der Waals surface area contributed by atoms with E-state index in [1.165, 1.54) is 0 Å². The zero-order chi connectivity index (χ0) is 21.7. The van der Waals surface area contributed by atoms with Crippen molar-refractivity contribution in [2.45, 2.75) is 77.9 Å². The molecule has 2 aliphatic rings. The Bertz CT molecular complexity index is 748. The van der Waals surface area contributed by atoms with Gasteiger partial charge in [0.25, 0.3) is 5.91 Å². The molecule has 0 radical (unpaired) electrons. The summed E-state index contributed by atoms with van der Waals surface area (Å²) >= 11 is 0. The molecule has 2 N–H and O–H groups in total. The Morgan fingerprint density at radius 3 is 2.43 bits per heavy atom. The molecule has 1 aromatic rings. The first-order chi connectivity index (χ1) is 14.2. The first-order valence-corrected chi connectivity index (χ1v) is 11.1. The second kappa shape index (κ2) is 9.62. The highest BCUT2D eigenvalue weighted by Gasteiger charge is 2.27. The molecule has 166 valence electrons. The lowest BCUT2D eigenvalue weighted by molar-refractivity contribution is 0.0188. The van der Waals surface area contributed by atoms with Crippen LogP contribution in [0.15, 0.2) is 6.07 Å². The van der Waals surface area contributed by atoms with Gasteiger partial charge >= 0.3 is 6.09 Å². The Hall–Kier alpha value is -2.38. The predicted molar refractivity (Wildman–Crippen MR) is 116 cm³/mol. The zero-order valence-corrected chi connectivity index (χ0v) is 18.7. The van der Waals surface area contributed by atoms with Crippen molar-refractivity contribution in [1.82, 2.24) is 20.4 Å². The van der Waals surface area contributed by atoms with Gasteiger partial charge in [0.1, 0.15) is 5.60 Å². The molecule has 1 saturated carbocycles. The van der Waals surface area contributed by atoms with E-state index in [0.29, 0.717) is 24.7 Å². The van der Waals surface area contributed by atoms with Crippen LogP contribution in [0.25, 0.3) is 0 Å². The maximum Gasteiger partial charge on any atom is 0.410 e. The third-order valence-electron chi connectivity index (χ3n) is 5.67. The van der Waals surface area contributed by atoms with Gasteiger partial charge in [-0.3, -0.25) is 4.79 Å². The molecule has 2 fully saturated rings. The third kappa shape index (κ3) is 6.31. The van der Waals surface area contributed by atoms with Crippen LogP contribution >= 0.6 is 0 Å². The number of carbonyl (C=O) groups excluding carboxylic acids is 2. The maximum atomic E-state index is 12.7. The van der Waals surface area contributed by atoms with Crippen LogP contribution in [0.1, 0.15) is 75.5 Å². The molecule has 8 nitrogen and oxygen atoms in total. The monoisotopic (exact) mass is 417 g/mol. The second-order valence-electron chi connectivity index (χ2n) is 9.49. The number of carbonyl (C=O) groups is 2. The lowest BCUT2D eigenvalue weighted by atomic mass is 9.97. The van der Waals surface area contributed by atoms with E-state index in [0.717, 1.165) is 56.5 Å². The van der Waals surface area contributed by atoms with E-state index in [4.69, 9.17) is 4.74 Å². The first kappa shape index (κ1) is 22.3. The number of likely N-dealkylation sites (tertiary alicyclic amines) is 1. The molecule has 1 aliphatic carbocycles. The molecule has 0 spiro atoms. The highest BCUT2D eigenvalue weighted by molar-refractivity contribution is 5.97. The van der Waals surface area contributed by atoms with E-state index in [-0.39, 0.29) is 18.0 Å². The quantitative estimate of drug-likeness (QED) is 0.761. The topological polar surface area (TPSA) is 96.5 Å². The fraction of sp³-hybridized carbons (Fsp3) is 0.727. The third-order valence-corrected chi connectivity index (χ3v) is 5.67. The van der Waals surface area contributed by atoms with E-state index in [1.54, 1.807) is 4.90 Å². The van der Waals surface area contributed by atoms with Gasteiger partial charge in [-0.1, -0.05) is 12.8 Å². The van der Waals surface area contributed by atoms with E-state index in [2.05, 4.69) is 20.8 Å². The fourth-order valence-electron chi connectivity index (χ4n) is 4.02. The molecule has 0 unspecified atom stereocenters. The van der Waals surface area contributed by atoms with Gasteiger partial charge in [-0.25, -0.2) is 4.79 Å². The molecule has 8 heteroatoms. The van der Waals surface area contributed by atoms with Crippen molar-refractivity contribution in [3.63, 3.8) is 0 Å². The maximum absolute atomic E-state index is 12.7. The Morgan fingerprint density at radius 2 is 1.80 bits per heavy atom. The number of hydrogen-bond acceptors (Lipinski definition) is 6. The number of nitrogens with zero attached hydrogens (tertiary/aromatic N) is 3. The summed E-state index contributed by atoms with van der Waals surface area (Å²) in [6.07, 6.45) is 5.94. The van der Waals surface area contributed by atoms with Crippen LogP contribution in [0.5, 0.6) is 0 Å². The largest absolute Gasteiger partial charge is 0.444 e. The van der Waals surface area contributed by atoms with Gasteiger partial charge in [-0.2, -0.15) is 5.10 Å². The fourth-order valence-corrected chi connectivity index (χ4v) is 4.02. The molecule has 1 saturated heterocycles. The summed E-state index contributed by atoms with van der Waals surface area (Å²) in [5.41, 5.74) is 1.39. The highest BCUT2D eigenvalue weighted by atomic mass is 16.6. The predicted octanol–water partition coefficient (Wildman–Crippen LogP) is 3.52. The average molecular weight is 418 g/mol. The Morgan fingerprint density at radius 1 is 1.13 bits per heavy atom. The van der Waals surface area contributed by atoms with Gasteiger partial charge in [0.05, 0.1) is 11.4 Å². The second-order valence-corrected chi connectivity index (χ2v) is 9.49. The smallest absolute Gasteiger partial charge is 0.410 e. The Balaban J connectivity index is 1.53. The summed E-state index contributed by atoms with van der Waals surface area (Å²) in [5.74, 6) is 0.263. The lowest BCUT2D eigenvalue weighted by Gasteiger charge is -2.33. The van der Waals surface area contributed by atoms with Crippen LogP contribution < -0.4 is 10.6 Å². The number of piperidine rings is 1. The molecule has 2 heterocycles. The van der Waals surface area contributed by atoms with Gasteiger partial charge < -0.3 is 20.3 Å². The van der Waals surface area contributed by atoms with Crippen LogP contribution in [0.4, 0.5) is 10.5 Å². The van der Waals surface area contributed by atoms with Crippen LogP contribution in [0.3, 0.4) is 0 Å². The first-order valence-electron chi connectivity index (χ1n) is 11.1. The number of amides is 2. The molecule has 30 heavy (non-hydrogen) atoms. The summed E-state index contributed by atoms with van der Waals surface area (Å²) < 4.78 is 5.46. The average Bonchev–Trinajstić information content (AvgIpc) is 3.18. The summed E-state index contributed by atoms with van der Waals surface area (Å²) in [6, 6.07) is 2.12. The molecule has 0 atom stereocenters. The zero-order valence-electron chi connectivity index (χ0n) is 18.7. The molecule has 1 aliphatic heterocycles. The van der Waals surface area contributed by atoms with E-state index < -0.39 is 5.60 Å². The Labute approximate surface area is 179 Å². The van der Waals surface area contributed by atoms with Crippen LogP contribution in [0.2, 0.25) is 0 Å². The number of nitrogens with one attached hydrogen (secondary N) is 2. The van der Waals surface area contributed by atoms with Gasteiger partial charge in [0.15, 0.2) is 5.69 Å². The van der Waals surface area contributed by atoms with Crippen molar-refractivity contribution in [1.29, 1.82) is 0 Å². The minimum Gasteiger partial charge on any atom is -0.444 e. The number of aromatic nitrogens is 2. The van der Waals surface area contributed by atoms with Crippen LogP contribution in [-0.2, 0) is 4.74 Å². The van der Waals surface area contributed by atoms with Gasteiger partial charge in [-0.05, 0) is 65.4 Å². The van der Waals surface area contributed by atoms with Crippen LogP contribution in [0, 0.1) is 12.8 Å². The number of anilines is 1. The molecule has 1 aromatic heterocycles. The van der Waals surface area contributed by atoms with Crippen molar-refractivity contribution in [3.8, 4) is 0 Å². The summed E-state index contributed by atoms with van der Waals surface area (Å²) in [7, 11) is 0. The number of rotatable bonds is 5. The summed E-state index contributed by atoms with van der Waals surface area (Å²) in [5, 5.41) is 14.7.